The molecule has 0 fully saturated rings. The molecular formula is C19H29N4O7P. The fourth-order valence-electron chi connectivity index (χ4n) is 3.41. The molecule has 31 heavy (non-hydrogen) atoms. The van der Waals surface area contributed by atoms with Gasteiger partial charge in [0.15, 0.2) is 0 Å². The third-order valence-corrected chi connectivity index (χ3v) is 6.49. The molecule has 0 aliphatic rings. The highest BCUT2D eigenvalue weighted by Crippen LogP contribution is 2.49. The molecule has 1 N–H and O–H groups in total. The average Bonchev–Trinajstić information content (AvgIpc) is 2.71. The van der Waals surface area contributed by atoms with E-state index in [1.165, 1.54) is 12.1 Å². The third-order valence-electron chi connectivity index (χ3n) is 4.56. The Kier molecular flexibility index (Phi) is 8.55. The minimum atomic E-state index is -3.72. The monoisotopic (exact) mass is 456 g/mol. The summed E-state index contributed by atoms with van der Waals surface area (Å²) in [5, 5.41) is 11.7. The van der Waals surface area contributed by atoms with Gasteiger partial charge in [0.1, 0.15) is 12.0 Å². The molecule has 0 amide bonds. The lowest BCUT2D eigenvalue weighted by atomic mass is 10.2. The fraction of sp³-hybridized carbons (Fsp3) is 0.579. The zero-order valence-electron chi connectivity index (χ0n) is 18.3. The van der Waals surface area contributed by atoms with Crippen LogP contribution in [0.5, 0.6) is 0 Å². The van der Waals surface area contributed by atoms with Crippen molar-refractivity contribution in [1.29, 1.82) is 0 Å². The second-order valence-corrected chi connectivity index (χ2v) is 8.90. The molecule has 1 heterocycles. The number of hydrogen-bond acceptors (Lipinski definition) is 8. The van der Waals surface area contributed by atoms with Crippen LogP contribution in [0.4, 0.5) is 11.4 Å². The van der Waals surface area contributed by atoms with Crippen molar-refractivity contribution in [2.75, 3.05) is 31.2 Å². The molecule has 1 aromatic heterocycles. The Morgan fingerprint density at radius 1 is 1.10 bits per heavy atom. The summed E-state index contributed by atoms with van der Waals surface area (Å²) >= 11 is 0. The van der Waals surface area contributed by atoms with E-state index in [0.717, 1.165) is 17.4 Å². The minimum absolute atomic E-state index is 0.0879. The molecule has 0 radical (unpaired) electrons. The molecule has 0 aliphatic heterocycles. The molecule has 172 valence electrons. The maximum atomic E-state index is 13.1. The van der Waals surface area contributed by atoms with Crippen LogP contribution in [0.2, 0.25) is 0 Å². The van der Waals surface area contributed by atoms with Gasteiger partial charge < -0.3 is 18.9 Å². The molecule has 0 unspecified atom stereocenters. The zero-order chi connectivity index (χ0) is 23.2. The van der Waals surface area contributed by atoms with Gasteiger partial charge in [0.2, 0.25) is 0 Å². The molecule has 0 spiro atoms. The van der Waals surface area contributed by atoms with Crippen LogP contribution in [-0.2, 0) is 19.9 Å². The van der Waals surface area contributed by atoms with Crippen LogP contribution < -0.4 is 16.0 Å². The van der Waals surface area contributed by atoms with Crippen LogP contribution in [0, 0.1) is 10.1 Å². The van der Waals surface area contributed by atoms with Crippen molar-refractivity contribution < 1.29 is 18.5 Å². The first-order chi connectivity index (χ1) is 14.7. The van der Waals surface area contributed by atoms with E-state index in [1.54, 1.807) is 13.8 Å². The van der Waals surface area contributed by atoms with E-state index in [1.807, 2.05) is 18.7 Å². The van der Waals surface area contributed by atoms with E-state index in [4.69, 9.17) is 9.05 Å². The molecule has 1 aromatic carbocycles. The first-order valence-electron chi connectivity index (χ1n) is 10.3. The van der Waals surface area contributed by atoms with Crippen LogP contribution in [-0.4, -0.2) is 40.8 Å². The SMILES string of the molecule is CCCN(CCC)c1cc2c(cc1[N+](=O)[O-])[nH]c(=O)c(=O)n2CP(=O)(OCC)OCC. The largest absolute Gasteiger partial charge is 0.366 e. The van der Waals surface area contributed by atoms with Gasteiger partial charge >= 0.3 is 18.7 Å². The Hall–Kier alpha value is -2.49. The predicted molar refractivity (Wildman–Crippen MR) is 119 cm³/mol. The number of nitro benzene ring substituents is 1. The van der Waals surface area contributed by atoms with E-state index >= 15 is 0 Å². The molecule has 2 aromatic rings. The van der Waals surface area contributed by atoms with Gasteiger partial charge in [-0.15, -0.1) is 0 Å². The van der Waals surface area contributed by atoms with Crippen LogP contribution in [0.1, 0.15) is 40.5 Å². The normalized spacial score (nSPS) is 11.7. The van der Waals surface area contributed by atoms with Gasteiger partial charge in [0, 0.05) is 19.2 Å². The van der Waals surface area contributed by atoms with E-state index in [9.17, 15) is 24.3 Å². The van der Waals surface area contributed by atoms with E-state index < -0.39 is 29.9 Å². The van der Waals surface area contributed by atoms with Crippen molar-refractivity contribution in [3.8, 4) is 0 Å². The van der Waals surface area contributed by atoms with Gasteiger partial charge in [0.05, 0.1) is 29.2 Å². The summed E-state index contributed by atoms with van der Waals surface area (Å²) in [6, 6.07) is 2.71. The standard InChI is InChI=1S/C19H29N4O7P/c1-5-9-21(10-6-2)16-12-15-14(11-17(16)23(26)27)20-18(24)19(25)22(15)13-31(28,29-7-3)30-8-4/h11-12H,5-10,13H2,1-4H3,(H,20,24). The Balaban J connectivity index is 2.83. The summed E-state index contributed by atoms with van der Waals surface area (Å²) in [5.41, 5.74) is -1.48. The summed E-state index contributed by atoms with van der Waals surface area (Å²) in [6.07, 6.45) is 1.04. The van der Waals surface area contributed by atoms with Gasteiger partial charge in [-0.2, -0.15) is 0 Å². The predicted octanol–water partition coefficient (Wildman–Crippen LogP) is 3.45. The van der Waals surface area contributed by atoms with Gasteiger partial charge in [-0.1, -0.05) is 13.8 Å². The van der Waals surface area contributed by atoms with Crippen LogP contribution in [0.25, 0.3) is 11.0 Å². The van der Waals surface area contributed by atoms with Crippen LogP contribution >= 0.6 is 7.60 Å². The Morgan fingerprint density at radius 3 is 2.16 bits per heavy atom. The number of benzene rings is 1. The number of H-pyrrole nitrogens is 1. The van der Waals surface area contributed by atoms with Crippen molar-refractivity contribution in [2.45, 2.75) is 46.8 Å². The molecule has 0 bridgehead atoms. The Labute approximate surface area is 179 Å². The quantitative estimate of drug-likeness (QED) is 0.222. The lowest BCUT2D eigenvalue weighted by Gasteiger charge is -2.24. The van der Waals surface area contributed by atoms with E-state index in [0.29, 0.717) is 18.8 Å². The van der Waals surface area contributed by atoms with Gasteiger partial charge in [0.25, 0.3) is 5.69 Å². The molecule has 0 saturated heterocycles. The molecule has 0 aliphatic carbocycles. The van der Waals surface area contributed by atoms with Crippen molar-refractivity contribution in [1.82, 2.24) is 9.55 Å². The topological polar surface area (TPSA) is 137 Å². The van der Waals surface area contributed by atoms with Gasteiger partial charge in [-0.05, 0) is 32.8 Å². The van der Waals surface area contributed by atoms with Gasteiger partial charge in [-0.25, -0.2) is 0 Å². The lowest BCUT2D eigenvalue weighted by molar-refractivity contribution is -0.384. The van der Waals surface area contributed by atoms with Crippen molar-refractivity contribution in [2.24, 2.45) is 0 Å². The molecular weight excluding hydrogens is 427 g/mol. The van der Waals surface area contributed by atoms with Crippen molar-refractivity contribution in [3.05, 3.63) is 43.0 Å². The minimum Gasteiger partial charge on any atom is -0.366 e. The number of nitrogens with zero attached hydrogens (tertiary/aromatic N) is 3. The first-order valence-corrected chi connectivity index (χ1v) is 12.0. The van der Waals surface area contributed by atoms with Gasteiger partial charge in [-0.3, -0.25) is 28.8 Å². The maximum absolute atomic E-state index is 13.1. The summed E-state index contributed by atoms with van der Waals surface area (Å²) in [6.45, 7) is 8.52. The maximum Gasteiger partial charge on any atom is 0.350 e. The highest BCUT2D eigenvalue weighted by atomic mass is 31.2. The lowest BCUT2D eigenvalue weighted by Crippen LogP contribution is -2.37. The molecule has 11 nitrogen and oxygen atoms in total. The average molecular weight is 456 g/mol. The van der Waals surface area contributed by atoms with Crippen molar-refractivity contribution >= 4 is 30.0 Å². The first kappa shape index (κ1) is 24.8. The number of aromatic amines is 1. The number of nitrogens with one attached hydrogen (secondary N) is 1. The summed E-state index contributed by atoms with van der Waals surface area (Å²) in [7, 11) is -3.72. The fourth-order valence-corrected chi connectivity index (χ4v) is 5.07. The number of nitro groups is 1. The van der Waals surface area contributed by atoms with E-state index in [2.05, 4.69) is 4.98 Å². The van der Waals surface area contributed by atoms with E-state index in [-0.39, 0.29) is 29.9 Å². The molecule has 0 saturated carbocycles. The number of hydrogen-bond donors (Lipinski definition) is 1. The highest BCUT2D eigenvalue weighted by Gasteiger charge is 2.28. The molecule has 0 atom stereocenters. The smallest absolute Gasteiger partial charge is 0.350 e. The zero-order valence-corrected chi connectivity index (χ0v) is 19.1. The Morgan fingerprint density at radius 2 is 1.68 bits per heavy atom. The number of aromatic nitrogens is 2. The number of fused-ring (bicyclic) bond motifs is 1. The molecule has 2 rings (SSSR count). The summed E-state index contributed by atoms with van der Waals surface area (Å²) < 4.78 is 24.6. The van der Waals surface area contributed by atoms with Crippen LogP contribution in [0.3, 0.4) is 0 Å². The second-order valence-electron chi connectivity index (χ2n) is 6.88. The number of rotatable bonds is 12. The second kappa shape index (κ2) is 10.7. The Bertz CT molecular complexity index is 1080. The van der Waals surface area contributed by atoms with Crippen LogP contribution in [0.15, 0.2) is 21.7 Å². The molecule has 12 heteroatoms. The third kappa shape index (κ3) is 5.61. The summed E-state index contributed by atoms with van der Waals surface area (Å²) in [5.74, 6) is 0. The highest BCUT2D eigenvalue weighted by molar-refractivity contribution is 7.52. The van der Waals surface area contributed by atoms with Crippen molar-refractivity contribution in [3.63, 3.8) is 0 Å². The summed E-state index contributed by atoms with van der Waals surface area (Å²) in [4.78, 5) is 40.4. The number of anilines is 1.